The van der Waals surface area contributed by atoms with E-state index in [1.165, 1.54) is 6.07 Å². The second kappa shape index (κ2) is 7.00. The third-order valence-electron chi connectivity index (χ3n) is 3.20. The summed E-state index contributed by atoms with van der Waals surface area (Å²) < 4.78 is 15.3. The lowest BCUT2D eigenvalue weighted by Gasteiger charge is -2.03. The van der Waals surface area contributed by atoms with Gasteiger partial charge in [0.15, 0.2) is 0 Å². The van der Waals surface area contributed by atoms with Crippen LogP contribution < -0.4 is 0 Å². The molecule has 0 saturated carbocycles. The summed E-state index contributed by atoms with van der Waals surface area (Å²) in [6, 6.07) is 10.6. The highest BCUT2D eigenvalue weighted by molar-refractivity contribution is 6.43. The molecule has 0 spiro atoms. The van der Waals surface area contributed by atoms with Gasteiger partial charge in [-0.2, -0.15) is 0 Å². The minimum absolute atomic E-state index is 0.175. The molecular formula is C16H9Cl2NO6. The number of carbonyl (C=O) groups excluding carboxylic acids is 1. The first-order valence-electron chi connectivity index (χ1n) is 6.90. The Labute approximate surface area is 150 Å². The van der Waals surface area contributed by atoms with E-state index in [4.69, 9.17) is 36.8 Å². The number of halogens is 2. The number of nitro groups is 1. The first-order chi connectivity index (χ1) is 12.0. The Hall–Kier alpha value is -2.77. The Morgan fingerprint density at radius 1 is 1.12 bits per heavy atom. The van der Waals surface area contributed by atoms with Gasteiger partial charge in [-0.1, -0.05) is 29.3 Å². The topological polar surface area (TPSA) is 95.7 Å². The predicted molar refractivity (Wildman–Crippen MR) is 88.6 cm³/mol. The van der Waals surface area contributed by atoms with Gasteiger partial charge in [0.05, 0.1) is 16.1 Å². The van der Waals surface area contributed by atoms with E-state index in [1.54, 1.807) is 30.3 Å². The number of furan rings is 2. The maximum absolute atomic E-state index is 11.8. The average molecular weight is 382 g/mol. The fourth-order valence-electron chi connectivity index (χ4n) is 2.04. The summed E-state index contributed by atoms with van der Waals surface area (Å²) in [5.41, 5.74) is 0.605. The van der Waals surface area contributed by atoms with E-state index in [0.29, 0.717) is 27.1 Å². The summed E-state index contributed by atoms with van der Waals surface area (Å²) in [6.07, 6.45) is 0. The predicted octanol–water partition coefficient (Wildman–Crippen LogP) is 5.11. The molecule has 0 bridgehead atoms. The summed E-state index contributed by atoms with van der Waals surface area (Å²) in [7, 11) is 0. The van der Waals surface area contributed by atoms with Crippen molar-refractivity contribution >= 4 is 35.1 Å². The smallest absolute Gasteiger partial charge is 0.433 e. The summed E-state index contributed by atoms with van der Waals surface area (Å²) >= 11 is 12.1. The van der Waals surface area contributed by atoms with E-state index < -0.39 is 16.8 Å². The summed E-state index contributed by atoms with van der Waals surface area (Å²) in [5.74, 6) is -0.821. The monoisotopic (exact) mass is 381 g/mol. The van der Waals surface area contributed by atoms with Crippen LogP contribution in [0.2, 0.25) is 10.0 Å². The Kier molecular flexibility index (Phi) is 4.78. The quantitative estimate of drug-likeness (QED) is 0.346. The van der Waals surface area contributed by atoms with Gasteiger partial charge in [0.1, 0.15) is 23.1 Å². The van der Waals surface area contributed by atoms with Crippen molar-refractivity contribution in [2.75, 3.05) is 0 Å². The Bertz CT molecular complexity index is 946. The van der Waals surface area contributed by atoms with Gasteiger partial charge in [0, 0.05) is 5.56 Å². The van der Waals surface area contributed by atoms with E-state index >= 15 is 0 Å². The van der Waals surface area contributed by atoms with Gasteiger partial charge < -0.3 is 13.6 Å². The van der Waals surface area contributed by atoms with E-state index in [9.17, 15) is 14.9 Å². The minimum atomic E-state index is -0.841. The molecule has 128 valence electrons. The second-order valence-electron chi connectivity index (χ2n) is 4.84. The number of benzene rings is 1. The van der Waals surface area contributed by atoms with Crippen molar-refractivity contribution in [1.82, 2.24) is 0 Å². The van der Waals surface area contributed by atoms with Crippen LogP contribution in [0.15, 0.2) is 51.3 Å². The lowest BCUT2D eigenvalue weighted by Crippen LogP contribution is -2.03. The van der Waals surface area contributed by atoms with Crippen LogP contribution in [0.3, 0.4) is 0 Å². The molecule has 9 heteroatoms. The molecule has 0 atom stereocenters. The van der Waals surface area contributed by atoms with Crippen LogP contribution in [0.25, 0.3) is 11.3 Å². The highest BCUT2D eigenvalue weighted by Gasteiger charge is 2.19. The van der Waals surface area contributed by atoms with Gasteiger partial charge in [0.2, 0.25) is 5.76 Å². The van der Waals surface area contributed by atoms with Crippen LogP contribution in [0, 0.1) is 10.1 Å². The van der Waals surface area contributed by atoms with Crippen molar-refractivity contribution in [1.29, 1.82) is 0 Å². The van der Waals surface area contributed by atoms with Crippen molar-refractivity contribution in [3.8, 4) is 11.3 Å². The molecule has 7 nitrogen and oxygen atoms in total. The molecule has 0 aliphatic heterocycles. The Morgan fingerprint density at radius 2 is 1.92 bits per heavy atom. The largest absolute Gasteiger partial charge is 0.457 e. The van der Waals surface area contributed by atoms with Gasteiger partial charge in [-0.3, -0.25) is 10.1 Å². The van der Waals surface area contributed by atoms with Crippen LogP contribution in [-0.2, 0) is 11.3 Å². The van der Waals surface area contributed by atoms with Gasteiger partial charge in [0.25, 0.3) is 0 Å². The Morgan fingerprint density at radius 3 is 2.64 bits per heavy atom. The number of nitrogens with zero attached hydrogens (tertiary/aromatic N) is 1. The van der Waals surface area contributed by atoms with Crippen molar-refractivity contribution in [3.05, 3.63) is 74.1 Å². The zero-order valence-electron chi connectivity index (χ0n) is 12.4. The van der Waals surface area contributed by atoms with E-state index in [2.05, 4.69) is 0 Å². The van der Waals surface area contributed by atoms with Gasteiger partial charge in [-0.25, -0.2) is 4.79 Å². The molecule has 0 aliphatic rings. The maximum atomic E-state index is 11.8. The van der Waals surface area contributed by atoms with E-state index in [0.717, 1.165) is 6.07 Å². The number of esters is 1. The van der Waals surface area contributed by atoms with Gasteiger partial charge in [-0.15, -0.1) is 0 Å². The number of hydrogen-bond donors (Lipinski definition) is 0. The summed E-state index contributed by atoms with van der Waals surface area (Å²) in [6.45, 7) is -0.175. The van der Waals surface area contributed by atoms with Crippen molar-refractivity contribution in [2.45, 2.75) is 6.61 Å². The molecular weight excluding hydrogens is 373 g/mol. The maximum Gasteiger partial charge on any atom is 0.433 e. The molecule has 3 aromatic rings. The fraction of sp³-hybridized carbons (Fsp3) is 0.0625. The van der Waals surface area contributed by atoms with Crippen molar-refractivity contribution in [2.24, 2.45) is 0 Å². The molecule has 2 aromatic heterocycles. The molecule has 25 heavy (non-hydrogen) atoms. The number of ether oxygens (including phenoxy) is 1. The normalized spacial score (nSPS) is 10.6. The van der Waals surface area contributed by atoms with Crippen molar-refractivity contribution < 1.29 is 23.3 Å². The zero-order valence-corrected chi connectivity index (χ0v) is 13.9. The second-order valence-corrected chi connectivity index (χ2v) is 5.62. The van der Waals surface area contributed by atoms with Crippen LogP contribution in [-0.4, -0.2) is 10.9 Å². The standard InChI is InChI=1S/C16H9Cl2NO6/c17-11-3-1-2-10(15(11)18)12-5-4-9(24-12)8-23-16(20)13-6-7-14(25-13)19(21)22/h1-7H,8H2. The van der Waals surface area contributed by atoms with Crippen LogP contribution in [0.5, 0.6) is 0 Å². The van der Waals surface area contributed by atoms with E-state index in [-0.39, 0.29) is 12.4 Å². The fourth-order valence-corrected chi connectivity index (χ4v) is 2.43. The van der Waals surface area contributed by atoms with Crippen molar-refractivity contribution in [3.63, 3.8) is 0 Å². The van der Waals surface area contributed by atoms with Crippen LogP contribution in [0.1, 0.15) is 16.3 Å². The summed E-state index contributed by atoms with van der Waals surface area (Å²) in [5, 5.41) is 11.3. The third kappa shape index (κ3) is 3.67. The van der Waals surface area contributed by atoms with Crippen LogP contribution in [0.4, 0.5) is 5.88 Å². The first kappa shape index (κ1) is 17.1. The molecule has 0 N–H and O–H groups in total. The number of hydrogen-bond acceptors (Lipinski definition) is 6. The lowest BCUT2D eigenvalue weighted by atomic mass is 10.2. The number of rotatable bonds is 5. The molecule has 0 fully saturated rings. The number of carbonyl (C=O) groups is 1. The summed E-state index contributed by atoms with van der Waals surface area (Å²) in [4.78, 5) is 21.6. The SMILES string of the molecule is O=C(OCc1ccc(-c2cccc(Cl)c2Cl)o1)c1ccc([N+](=O)[O-])o1. The first-order valence-corrected chi connectivity index (χ1v) is 7.66. The third-order valence-corrected chi connectivity index (χ3v) is 4.02. The lowest BCUT2D eigenvalue weighted by molar-refractivity contribution is -0.402. The molecule has 1 aromatic carbocycles. The molecule has 0 saturated heterocycles. The molecule has 0 aliphatic carbocycles. The average Bonchev–Trinajstić information content (AvgIpc) is 3.24. The zero-order chi connectivity index (χ0) is 18.0. The molecule has 0 radical (unpaired) electrons. The molecule has 0 amide bonds. The molecule has 3 rings (SSSR count). The highest BCUT2D eigenvalue weighted by atomic mass is 35.5. The Balaban J connectivity index is 1.68. The van der Waals surface area contributed by atoms with Gasteiger partial charge >= 0.3 is 11.9 Å². The highest BCUT2D eigenvalue weighted by Crippen LogP contribution is 2.34. The minimum Gasteiger partial charge on any atom is -0.457 e. The molecule has 2 heterocycles. The molecule has 0 unspecified atom stereocenters. The van der Waals surface area contributed by atoms with Gasteiger partial charge in [-0.05, 0) is 30.3 Å². The van der Waals surface area contributed by atoms with Crippen LogP contribution >= 0.6 is 23.2 Å². The van der Waals surface area contributed by atoms with E-state index in [1.807, 2.05) is 0 Å².